The van der Waals surface area contributed by atoms with Crippen LogP contribution in [0.5, 0.6) is 0 Å². The molecule has 0 amide bonds. The van der Waals surface area contributed by atoms with E-state index in [2.05, 4.69) is 4.90 Å². The number of aliphatic hydroxyl groups is 2. The number of allylic oxidation sites excluding steroid dienone is 1. The van der Waals surface area contributed by atoms with Crippen LogP contribution in [0.15, 0.2) is 23.3 Å². The zero-order valence-corrected chi connectivity index (χ0v) is 14.6. The van der Waals surface area contributed by atoms with E-state index in [1.54, 1.807) is 19.9 Å². The Morgan fingerprint density at radius 3 is 2.88 bits per heavy atom. The first-order chi connectivity index (χ1) is 11.9. The van der Waals surface area contributed by atoms with Gasteiger partial charge in [0.1, 0.15) is 12.7 Å². The predicted octanol–water partition coefficient (Wildman–Crippen LogP) is 0.165. The molecule has 3 heterocycles. The van der Waals surface area contributed by atoms with Crippen molar-refractivity contribution in [2.75, 3.05) is 26.3 Å². The summed E-state index contributed by atoms with van der Waals surface area (Å²) in [7, 11) is 0. The van der Waals surface area contributed by atoms with E-state index in [-0.39, 0.29) is 25.2 Å². The molecule has 138 valence electrons. The second kappa shape index (κ2) is 6.90. The van der Waals surface area contributed by atoms with Gasteiger partial charge in [-0.25, -0.2) is 9.59 Å². The van der Waals surface area contributed by atoms with Crippen molar-refractivity contribution >= 4 is 11.9 Å². The van der Waals surface area contributed by atoms with Crippen LogP contribution in [0, 0.1) is 5.92 Å². The highest BCUT2D eigenvalue weighted by molar-refractivity contribution is 5.89. The Bertz CT molecular complexity index is 627. The van der Waals surface area contributed by atoms with E-state index in [0.29, 0.717) is 5.57 Å². The molecule has 25 heavy (non-hydrogen) atoms. The largest absolute Gasteiger partial charge is 0.459 e. The quantitative estimate of drug-likeness (QED) is 0.395. The average molecular weight is 351 g/mol. The summed E-state index contributed by atoms with van der Waals surface area (Å²) < 4.78 is 11.1. The van der Waals surface area contributed by atoms with Gasteiger partial charge in [0.15, 0.2) is 5.60 Å². The van der Waals surface area contributed by atoms with Crippen molar-refractivity contribution < 1.29 is 29.3 Å². The van der Waals surface area contributed by atoms with E-state index in [1.807, 2.05) is 6.08 Å². The molecule has 3 aliphatic rings. The molecule has 3 aliphatic heterocycles. The van der Waals surface area contributed by atoms with E-state index in [0.717, 1.165) is 25.1 Å². The van der Waals surface area contributed by atoms with Crippen LogP contribution in [-0.2, 0) is 19.1 Å². The number of carbonyl (C=O) groups excluding carboxylic acids is 2. The third-order valence-electron chi connectivity index (χ3n) is 5.59. The number of cyclic esters (lactones) is 1. The molecule has 0 bridgehead atoms. The van der Waals surface area contributed by atoms with Crippen LogP contribution in [0.1, 0.15) is 26.7 Å². The van der Waals surface area contributed by atoms with Crippen molar-refractivity contribution in [3.8, 4) is 0 Å². The van der Waals surface area contributed by atoms with Crippen LogP contribution < -0.4 is 0 Å². The van der Waals surface area contributed by atoms with E-state index in [9.17, 15) is 19.8 Å². The first-order valence-corrected chi connectivity index (χ1v) is 8.70. The van der Waals surface area contributed by atoms with Gasteiger partial charge in [-0.15, -0.1) is 0 Å². The monoisotopic (exact) mass is 351 g/mol. The average Bonchev–Trinajstić information content (AvgIpc) is 3.18. The molecule has 2 saturated heterocycles. The predicted molar refractivity (Wildman–Crippen MR) is 88.5 cm³/mol. The number of esters is 2. The Kier molecular flexibility index (Phi) is 4.99. The summed E-state index contributed by atoms with van der Waals surface area (Å²) in [6.45, 7) is 4.12. The second-order valence-corrected chi connectivity index (χ2v) is 7.03. The first-order valence-electron chi connectivity index (χ1n) is 8.70. The molecule has 7 nitrogen and oxygen atoms in total. The zero-order valence-electron chi connectivity index (χ0n) is 14.6. The van der Waals surface area contributed by atoms with Crippen molar-refractivity contribution in [2.45, 2.75) is 44.4 Å². The molecule has 2 N–H and O–H groups in total. The van der Waals surface area contributed by atoms with Crippen LogP contribution in [-0.4, -0.2) is 71.1 Å². The lowest BCUT2D eigenvalue weighted by molar-refractivity contribution is -0.176. The molecule has 0 radical (unpaired) electrons. The summed E-state index contributed by atoms with van der Waals surface area (Å²) in [4.78, 5) is 27.2. The highest BCUT2D eigenvalue weighted by Crippen LogP contribution is 2.34. The number of aliphatic hydroxyl groups excluding tert-OH is 1. The Morgan fingerprint density at radius 2 is 2.20 bits per heavy atom. The minimum atomic E-state index is -2.05. The molecule has 3 rings (SSSR count). The molecule has 0 aromatic rings. The van der Waals surface area contributed by atoms with Crippen molar-refractivity contribution in [1.29, 1.82) is 0 Å². The number of hydrogen-bond acceptors (Lipinski definition) is 7. The lowest BCUT2D eigenvalue weighted by Gasteiger charge is -2.32. The van der Waals surface area contributed by atoms with Crippen LogP contribution in [0.4, 0.5) is 0 Å². The lowest BCUT2D eigenvalue weighted by Crippen LogP contribution is -2.50. The van der Waals surface area contributed by atoms with Crippen molar-refractivity contribution in [1.82, 2.24) is 4.90 Å². The molecule has 0 aromatic heterocycles. The molecule has 4 atom stereocenters. The zero-order chi connectivity index (χ0) is 18.2. The van der Waals surface area contributed by atoms with Gasteiger partial charge in [0.2, 0.25) is 0 Å². The number of hydrogen-bond donors (Lipinski definition) is 2. The molecule has 0 aromatic carbocycles. The maximum Gasteiger partial charge on any atom is 0.341 e. The molecule has 0 saturated carbocycles. The van der Waals surface area contributed by atoms with Gasteiger partial charge in [-0.3, -0.25) is 4.90 Å². The number of carbonyl (C=O) groups is 2. The fourth-order valence-corrected chi connectivity index (χ4v) is 3.85. The van der Waals surface area contributed by atoms with Gasteiger partial charge in [0, 0.05) is 24.6 Å². The second-order valence-electron chi connectivity index (χ2n) is 7.03. The Hall–Kier alpha value is -1.70. The van der Waals surface area contributed by atoms with Crippen LogP contribution in [0.3, 0.4) is 0 Å². The number of rotatable bonds is 1. The number of ether oxygens (including phenoxy) is 2. The highest BCUT2D eigenvalue weighted by Gasteiger charge is 2.46. The summed E-state index contributed by atoms with van der Waals surface area (Å²) in [5.74, 6) is -1.99. The summed E-state index contributed by atoms with van der Waals surface area (Å²) in [5, 5.41) is 20.2. The van der Waals surface area contributed by atoms with Gasteiger partial charge in [-0.2, -0.15) is 0 Å². The maximum absolute atomic E-state index is 12.6. The third kappa shape index (κ3) is 3.12. The van der Waals surface area contributed by atoms with Gasteiger partial charge < -0.3 is 19.7 Å². The van der Waals surface area contributed by atoms with Crippen molar-refractivity contribution in [3.05, 3.63) is 23.3 Å². The molecule has 0 unspecified atom stereocenters. The lowest BCUT2D eigenvalue weighted by atomic mass is 9.84. The Morgan fingerprint density at radius 1 is 1.44 bits per heavy atom. The molecule has 0 aliphatic carbocycles. The smallest absolute Gasteiger partial charge is 0.341 e. The topological polar surface area (TPSA) is 96.3 Å². The van der Waals surface area contributed by atoms with Gasteiger partial charge in [-0.1, -0.05) is 19.1 Å². The number of nitrogens with zero attached hydrogens (tertiary/aromatic N) is 1. The third-order valence-corrected chi connectivity index (χ3v) is 5.59. The van der Waals surface area contributed by atoms with E-state index < -0.39 is 30.1 Å². The fraction of sp³-hybridized carbons (Fsp3) is 0.667. The summed E-state index contributed by atoms with van der Waals surface area (Å²) in [5.41, 5.74) is -0.796. The van der Waals surface area contributed by atoms with Gasteiger partial charge >= 0.3 is 11.9 Å². The molecule has 0 spiro atoms. The summed E-state index contributed by atoms with van der Waals surface area (Å²) in [6, 6.07) is -0.0890. The van der Waals surface area contributed by atoms with E-state index >= 15 is 0 Å². The van der Waals surface area contributed by atoms with E-state index in [1.165, 1.54) is 0 Å². The van der Waals surface area contributed by atoms with Gasteiger partial charge in [0.05, 0.1) is 12.6 Å². The molecular weight excluding hydrogens is 326 g/mol. The normalized spacial score (nSPS) is 38.5. The summed E-state index contributed by atoms with van der Waals surface area (Å²) in [6.07, 6.45) is 4.20. The van der Waals surface area contributed by atoms with Crippen molar-refractivity contribution in [3.63, 3.8) is 0 Å². The Balaban J connectivity index is 1.93. The van der Waals surface area contributed by atoms with Crippen LogP contribution in [0.2, 0.25) is 0 Å². The first kappa shape index (κ1) is 18.1. The van der Waals surface area contributed by atoms with Crippen LogP contribution >= 0.6 is 0 Å². The molecule has 7 heteroatoms. The minimum absolute atomic E-state index is 0.0273. The van der Waals surface area contributed by atoms with Gasteiger partial charge in [-0.05, 0) is 25.3 Å². The SMILES string of the molecule is C/C=C1/C[C@H](C)[C@](O)(CO)C(=O)OCC2=CCN3CC[C@@H](OC1=O)[C@@H]23. The Labute approximate surface area is 146 Å². The van der Waals surface area contributed by atoms with E-state index in [4.69, 9.17) is 9.47 Å². The molecular formula is C18H25NO6. The standard InChI is InChI=1S/C18H25NO6/c1-3-12-8-11(2)18(23,10-20)17(22)24-9-13-4-6-19-7-5-14(15(13)19)25-16(12)21/h3-4,11,14-15,20,23H,5-10H2,1-2H3/b12-3-/t11-,14+,15+,18+/m0/s1. The summed E-state index contributed by atoms with van der Waals surface area (Å²) >= 11 is 0. The fourth-order valence-electron chi connectivity index (χ4n) is 3.85. The van der Waals surface area contributed by atoms with Crippen LogP contribution in [0.25, 0.3) is 0 Å². The minimum Gasteiger partial charge on any atom is -0.459 e. The van der Waals surface area contributed by atoms with Crippen molar-refractivity contribution in [2.24, 2.45) is 5.92 Å². The van der Waals surface area contributed by atoms with Gasteiger partial charge in [0.25, 0.3) is 0 Å². The highest BCUT2D eigenvalue weighted by atomic mass is 16.6. The maximum atomic E-state index is 12.6. The molecule has 2 fully saturated rings.